The van der Waals surface area contributed by atoms with Gasteiger partial charge in [0, 0.05) is 45.9 Å². The first-order valence-corrected chi connectivity index (χ1v) is 14.0. The third-order valence-corrected chi connectivity index (χ3v) is 8.76. The van der Waals surface area contributed by atoms with E-state index >= 15 is 0 Å². The lowest BCUT2D eigenvalue weighted by molar-refractivity contribution is -0.119. The molecule has 3 aromatic rings. The molecule has 2 saturated carbocycles. The average molecular weight is 556 g/mol. The Morgan fingerprint density at radius 2 is 1.85 bits per heavy atom. The van der Waals surface area contributed by atoms with E-state index in [1.54, 1.807) is 6.07 Å². The number of aliphatic imine (C=N–C) groups is 1. The number of carbonyl (C=O) groups is 2. The van der Waals surface area contributed by atoms with Crippen LogP contribution in [0, 0.1) is 11.2 Å². The molecule has 2 aliphatic heterocycles. The monoisotopic (exact) mass is 555 g/mol. The summed E-state index contributed by atoms with van der Waals surface area (Å²) in [7, 11) is 0. The molecule has 2 fully saturated rings. The molecular weight excluding hydrogens is 525 g/mol. The maximum absolute atomic E-state index is 14.1. The van der Waals surface area contributed by atoms with Crippen LogP contribution in [0.5, 0.6) is 5.75 Å². The molecule has 2 amide bonds. The molecular formula is C31H30FN5O4. The highest BCUT2D eigenvalue weighted by Gasteiger charge is 2.58. The molecule has 9 nitrogen and oxygen atoms in total. The van der Waals surface area contributed by atoms with Gasteiger partial charge in [-0.05, 0) is 74.0 Å². The summed E-state index contributed by atoms with van der Waals surface area (Å²) in [6, 6.07) is 11.0. The first-order valence-electron chi connectivity index (χ1n) is 14.0. The number of hydrogen-bond donors (Lipinski definition) is 2. The molecule has 2 atom stereocenters. The third-order valence-electron chi connectivity index (χ3n) is 8.76. The fraction of sp³-hybridized carbons (Fsp3) is 0.387. The lowest BCUT2D eigenvalue weighted by atomic mass is 9.75. The predicted octanol–water partition coefficient (Wildman–Crippen LogP) is 5.03. The zero-order valence-electron chi connectivity index (χ0n) is 22.9. The van der Waals surface area contributed by atoms with Gasteiger partial charge in [-0.3, -0.25) is 14.6 Å². The molecule has 4 aliphatic rings. The summed E-state index contributed by atoms with van der Waals surface area (Å²) in [5.41, 5.74) is 5.95. The van der Waals surface area contributed by atoms with Crippen LogP contribution in [-0.2, 0) is 4.79 Å². The molecule has 1 unspecified atom stereocenters. The zero-order chi connectivity index (χ0) is 28.3. The summed E-state index contributed by atoms with van der Waals surface area (Å²) in [6.07, 6.45) is 3.49. The minimum atomic E-state index is -0.976. The maximum atomic E-state index is 14.1. The Hall–Kier alpha value is -4.34. The normalized spacial score (nSPS) is 21.1. The Labute approximate surface area is 236 Å². The van der Waals surface area contributed by atoms with Crippen molar-refractivity contribution in [1.82, 2.24) is 15.6 Å². The van der Waals surface area contributed by atoms with E-state index < -0.39 is 23.7 Å². The number of nitrogens with one attached hydrogen (secondary N) is 2. The molecule has 2 aromatic carbocycles. The number of carbonyl (C=O) groups excluding carboxylic acids is 2. The molecule has 0 saturated heterocycles. The second kappa shape index (κ2) is 9.64. The summed E-state index contributed by atoms with van der Waals surface area (Å²) in [6.45, 7) is 5.11. The summed E-state index contributed by atoms with van der Waals surface area (Å²) in [5.74, 6) is -1.21. The number of rotatable bonds is 7. The van der Waals surface area contributed by atoms with Gasteiger partial charge in [-0.15, -0.1) is 0 Å². The number of hydrogen-bond acceptors (Lipinski definition) is 7. The average Bonchev–Trinajstić information content (AvgIpc) is 3.88. The van der Waals surface area contributed by atoms with Crippen LogP contribution in [-0.4, -0.2) is 47.0 Å². The van der Waals surface area contributed by atoms with Crippen molar-refractivity contribution in [2.75, 3.05) is 18.5 Å². The Morgan fingerprint density at radius 3 is 2.54 bits per heavy atom. The van der Waals surface area contributed by atoms with Gasteiger partial charge in [-0.25, -0.2) is 9.02 Å². The molecule has 2 aliphatic carbocycles. The van der Waals surface area contributed by atoms with E-state index in [1.165, 1.54) is 17.7 Å². The number of anilines is 1. The highest BCUT2D eigenvalue weighted by atomic mass is 19.1. The highest BCUT2D eigenvalue weighted by Crippen LogP contribution is 2.61. The molecule has 1 spiro atoms. The summed E-state index contributed by atoms with van der Waals surface area (Å²) < 4.78 is 25.0. The minimum Gasteiger partial charge on any atom is -0.493 e. The van der Waals surface area contributed by atoms with Crippen LogP contribution >= 0.6 is 0 Å². The van der Waals surface area contributed by atoms with Crippen molar-refractivity contribution in [1.29, 1.82) is 0 Å². The number of amides is 2. The zero-order valence-corrected chi connectivity index (χ0v) is 22.9. The van der Waals surface area contributed by atoms with Gasteiger partial charge in [-0.2, -0.15) is 0 Å². The largest absolute Gasteiger partial charge is 0.493 e. The van der Waals surface area contributed by atoms with Crippen molar-refractivity contribution in [3.8, 4) is 5.75 Å². The van der Waals surface area contributed by atoms with Crippen molar-refractivity contribution in [2.45, 2.75) is 57.4 Å². The second-order valence-electron chi connectivity index (χ2n) is 11.7. The fourth-order valence-electron chi connectivity index (χ4n) is 6.27. The van der Waals surface area contributed by atoms with Gasteiger partial charge in [0.05, 0.1) is 13.2 Å². The van der Waals surface area contributed by atoms with Gasteiger partial charge >= 0.3 is 0 Å². The fourth-order valence-corrected chi connectivity index (χ4v) is 6.27. The Bertz CT molecular complexity index is 1620. The van der Waals surface area contributed by atoms with Crippen molar-refractivity contribution in [2.24, 2.45) is 10.4 Å². The van der Waals surface area contributed by atoms with E-state index in [0.717, 1.165) is 42.5 Å². The number of aromatic nitrogens is 2. The molecule has 41 heavy (non-hydrogen) atoms. The molecule has 3 heterocycles. The number of ether oxygens (including phenoxy) is 1. The van der Waals surface area contributed by atoms with E-state index in [0.29, 0.717) is 35.8 Å². The molecule has 7 rings (SSSR count). The Balaban J connectivity index is 1.21. The topological polar surface area (TPSA) is 119 Å². The summed E-state index contributed by atoms with van der Waals surface area (Å²) >= 11 is 0. The Kier molecular flexibility index (Phi) is 6.02. The van der Waals surface area contributed by atoms with Crippen LogP contribution in [0.2, 0.25) is 0 Å². The summed E-state index contributed by atoms with van der Waals surface area (Å²) in [5, 5.41) is 13.8. The van der Waals surface area contributed by atoms with Crippen LogP contribution in [0.3, 0.4) is 0 Å². The Morgan fingerprint density at radius 1 is 1.07 bits per heavy atom. The number of fused-ring (bicyclic) bond motifs is 1. The molecule has 0 bridgehead atoms. The number of benzene rings is 2. The smallest absolute Gasteiger partial charge is 0.276 e. The molecule has 2 N–H and O–H groups in total. The molecule has 0 radical (unpaired) electrons. The van der Waals surface area contributed by atoms with E-state index in [2.05, 4.69) is 32.9 Å². The molecule has 10 heteroatoms. The first kappa shape index (κ1) is 25.6. The standard InChI is InChI=1S/C31H30FN5O4/c1-16-14-33-17(2)24(16)18-5-8-21(9-6-18)34-29(38)27(35-30(39)28-26(19-3-4-19)36-41-37-28)25-22-10-7-20(32)13-23(22)40-15-31(25)11-12-31/h5-10,13,19,25,27H,3-4,11-12,14-15H2,1-2H3,(H,34,38)(H,35,39)/t25?,27-/m0/s1. The van der Waals surface area contributed by atoms with E-state index in [1.807, 2.05) is 31.2 Å². The van der Waals surface area contributed by atoms with Crippen LogP contribution < -0.4 is 15.4 Å². The third kappa shape index (κ3) is 4.61. The van der Waals surface area contributed by atoms with Crippen LogP contribution in [0.25, 0.3) is 5.57 Å². The quantitative estimate of drug-likeness (QED) is 0.422. The lowest BCUT2D eigenvalue weighted by Gasteiger charge is -2.38. The van der Waals surface area contributed by atoms with Gasteiger partial charge in [0.15, 0.2) is 5.69 Å². The van der Waals surface area contributed by atoms with Gasteiger partial charge in [0.25, 0.3) is 5.91 Å². The lowest BCUT2D eigenvalue weighted by Crippen LogP contribution is -2.52. The first-order chi connectivity index (χ1) is 19.8. The number of halogens is 1. The van der Waals surface area contributed by atoms with Crippen LogP contribution in [0.1, 0.15) is 78.7 Å². The van der Waals surface area contributed by atoms with Gasteiger partial charge in [0.2, 0.25) is 5.91 Å². The minimum absolute atomic E-state index is 0.100. The van der Waals surface area contributed by atoms with E-state index in [4.69, 9.17) is 9.37 Å². The molecule has 1 aromatic heterocycles. The van der Waals surface area contributed by atoms with Gasteiger partial charge in [0.1, 0.15) is 23.3 Å². The van der Waals surface area contributed by atoms with Crippen LogP contribution in [0.15, 0.2) is 57.7 Å². The van der Waals surface area contributed by atoms with Crippen molar-refractivity contribution >= 4 is 28.8 Å². The van der Waals surface area contributed by atoms with Gasteiger partial charge < -0.3 is 15.4 Å². The number of nitrogens with zero attached hydrogens (tertiary/aromatic N) is 3. The maximum Gasteiger partial charge on any atom is 0.276 e. The predicted molar refractivity (Wildman–Crippen MR) is 149 cm³/mol. The van der Waals surface area contributed by atoms with Crippen LogP contribution in [0.4, 0.5) is 10.1 Å². The van der Waals surface area contributed by atoms with Gasteiger partial charge in [-0.1, -0.05) is 23.4 Å². The summed E-state index contributed by atoms with van der Waals surface area (Å²) in [4.78, 5) is 32.1. The van der Waals surface area contributed by atoms with Crippen molar-refractivity contribution in [3.63, 3.8) is 0 Å². The highest BCUT2D eigenvalue weighted by molar-refractivity contribution is 6.25. The number of allylic oxidation sites excluding steroid dienone is 1. The SMILES string of the molecule is CC1=NCC(C)=C1c1ccc(NC(=O)[C@@H](NC(=O)c2nonc2C2CC2)C2c3ccc(F)cc3OCC23CC3)cc1. The van der Waals surface area contributed by atoms with Crippen molar-refractivity contribution < 1.29 is 23.3 Å². The van der Waals surface area contributed by atoms with E-state index in [9.17, 15) is 14.0 Å². The second-order valence-corrected chi connectivity index (χ2v) is 11.7. The molecule has 210 valence electrons. The van der Waals surface area contributed by atoms with E-state index in [-0.39, 0.29) is 22.9 Å². The van der Waals surface area contributed by atoms with Crippen molar-refractivity contribution in [3.05, 3.63) is 76.4 Å².